The normalized spacial score (nSPS) is 25.1. The highest BCUT2D eigenvalue weighted by Gasteiger charge is 2.24. The van der Waals surface area contributed by atoms with Gasteiger partial charge in [0.2, 0.25) is 0 Å². The molecule has 0 spiro atoms. The molecule has 3 heteroatoms. The van der Waals surface area contributed by atoms with E-state index in [4.69, 9.17) is 4.74 Å². The summed E-state index contributed by atoms with van der Waals surface area (Å²) in [6.07, 6.45) is 3.39. The van der Waals surface area contributed by atoms with E-state index in [1.54, 1.807) is 0 Å². The van der Waals surface area contributed by atoms with Crippen LogP contribution in [0.2, 0.25) is 0 Å². The van der Waals surface area contributed by atoms with Crippen LogP contribution in [0.25, 0.3) is 0 Å². The van der Waals surface area contributed by atoms with Gasteiger partial charge in [0.25, 0.3) is 0 Å². The van der Waals surface area contributed by atoms with Gasteiger partial charge in [-0.1, -0.05) is 19.9 Å². The molecule has 1 aliphatic rings. The lowest BCUT2D eigenvalue weighted by molar-refractivity contribution is -0.0370. The zero-order valence-corrected chi connectivity index (χ0v) is 10.0. The van der Waals surface area contributed by atoms with Crippen LogP contribution in [-0.4, -0.2) is 49.8 Å². The number of nitrogens with zero attached hydrogens (tertiary/aromatic N) is 1. The first kappa shape index (κ1) is 12.7. The predicted molar refractivity (Wildman–Crippen MR) is 64.1 cm³/mol. The van der Waals surface area contributed by atoms with Crippen molar-refractivity contribution in [2.75, 3.05) is 32.8 Å². The number of hydrogen-bond donors (Lipinski definition) is 1. The Morgan fingerprint density at radius 3 is 3.00 bits per heavy atom. The second-order valence-electron chi connectivity index (χ2n) is 4.02. The van der Waals surface area contributed by atoms with Crippen molar-refractivity contribution >= 4 is 0 Å². The van der Waals surface area contributed by atoms with E-state index in [1.807, 2.05) is 6.08 Å². The molecule has 2 atom stereocenters. The molecule has 1 saturated heterocycles. The molecule has 1 aliphatic heterocycles. The van der Waals surface area contributed by atoms with Crippen LogP contribution >= 0.6 is 0 Å². The number of nitrogens with one attached hydrogen (secondary N) is 1. The van der Waals surface area contributed by atoms with Gasteiger partial charge in [-0.05, 0) is 19.5 Å². The van der Waals surface area contributed by atoms with E-state index in [1.165, 1.54) is 0 Å². The summed E-state index contributed by atoms with van der Waals surface area (Å²) in [5, 5.41) is 3.46. The molecule has 1 heterocycles. The molecule has 0 aromatic carbocycles. The topological polar surface area (TPSA) is 24.5 Å². The van der Waals surface area contributed by atoms with Crippen molar-refractivity contribution in [3.8, 4) is 0 Å². The fourth-order valence-corrected chi connectivity index (χ4v) is 1.91. The SMILES string of the molecule is C=CC(NCCC)C1CN(CC)CCO1. The van der Waals surface area contributed by atoms with Crippen molar-refractivity contribution in [3.63, 3.8) is 0 Å². The lowest BCUT2D eigenvalue weighted by Crippen LogP contribution is -2.51. The zero-order valence-electron chi connectivity index (χ0n) is 10.0. The molecular weight excluding hydrogens is 188 g/mol. The highest BCUT2D eigenvalue weighted by molar-refractivity contribution is 4.94. The molecule has 0 bridgehead atoms. The van der Waals surface area contributed by atoms with Gasteiger partial charge in [0.05, 0.1) is 18.8 Å². The van der Waals surface area contributed by atoms with Crippen LogP contribution in [0.4, 0.5) is 0 Å². The Kier molecular flexibility index (Phi) is 5.91. The summed E-state index contributed by atoms with van der Waals surface area (Å²) in [4.78, 5) is 2.43. The first-order valence-corrected chi connectivity index (χ1v) is 6.01. The Bertz CT molecular complexity index is 184. The Labute approximate surface area is 93.5 Å². The molecule has 1 rings (SSSR count). The number of likely N-dealkylation sites (N-methyl/N-ethyl adjacent to an activating group) is 1. The summed E-state index contributed by atoms with van der Waals surface area (Å²) in [7, 11) is 0. The minimum atomic E-state index is 0.266. The molecular formula is C12H24N2O. The summed E-state index contributed by atoms with van der Waals surface area (Å²) in [6, 6.07) is 0.291. The van der Waals surface area contributed by atoms with Crippen molar-refractivity contribution in [1.29, 1.82) is 0 Å². The monoisotopic (exact) mass is 212 g/mol. The zero-order chi connectivity index (χ0) is 11.1. The molecule has 0 aromatic rings. The largest absolute Gasteiger partial charge is 0.374 e. The number of hydrogen-bond acceptors (Lipinski definition) is 3. The highest BCUT2D eigenvalue weighted by Crippen LogP contribution is 2.09. The lowest BCUT2D eigenvalue weighted by Gasteiger charge is -2.35. The quantitative estimate of drug-likeness (QED) is 0.671. The molecule has 0 aromatic heterocycles. The number of rotatable bonds is 6. The molecule has 3 nitrogen and oxygen atoms in total. The molecule has 0 aliphatic carbocycles. The second-order valence-corrected chi connectivity index (χ2v) is 4.02. The van der Waals surface area contributed by atoms with Gasteiger partial charge in [0.15, 0.2) is 0 Å². The Hall–Kier alpha value is -0.380. The van der Waals surface area contributed by atoms with Crippen molar-refractivity contribution in [2.45, 2.75) is 32.4 Å². The molecule has 0 amide bonds. The summed E-state index contributed by atoms with van der Waals surface area (Å²) in [5.41, 5.74) is 0. The summed E-state index contributed by atoms with van der Waals surface area (Å²) < 4.78 is 5.78. The lowest BCUT2D eigenvalue weighted by atomic mass is 10.1. The smallest absolute Gasteiger partial charge is 0.0890 e. The number of ether oxygens (including phenoxy) is 1. The average Bonchev–Trinajstić information content (AvgIpc) is 2.30. The molecule has 2 unspecified atom stereocenters. The van der Waals surface area contributed by atoms with Crippen LogP contribution in [-0.2, 0) is 4.74 Å². The van der Waals surface area contributed by atoms with Crippen molar-refractivity contribution < 1.29 is 4.74 Å². The van der Waals surface area contributed by atoms with E-state index in [0.717, 1.165) is 39.2 Å². The van der Waals surface area contributed by atoms with E-state index in [2.05, 4.69) is 30.6 Å². The fourth-order valence-electron chi connectivity index (χ4n) is 1.91. The molecule has 15 heavy (non-hydrogen) atoms. The Balaban J connectivity index is 2.40. The van der Waals surface area contributed by atoms with Crippen LogP contribution in [0.5, 0.6) is 0 Å². The van der Waals surface area contributed by atoms with Gasteiger partial charge in [-0.15, -0.1) is 6.58 Å². The van der Waals surface area contributed by atoms with Gasteiger partial charge < -0.3 is 10.1 Å². The first-order chi connectivity index (χ1) is 7.31. The van der Waals surface area contributed by atoms with E-state index in [0.29, 0.717) is 6.04 Å². The van der Waals surface area contributed by atoms with E-state index < -0.39 is 0 Å². The van der Waals surface area contributed by atoms with Crippen LogP contribution in [0, 0.1) is 0 Å². The number of morpholine rings is 1. The van der Waals surface area contributed by atoms with Gasteiger partial charge in [-0.25, -0.2) is 0 Å². The van der Waals surface area contributed by atoms with E-state index in [9.17, 15) is 0 Å². The minimum absolute atomic E-state index is 0.266. The molecule has 88 valence electrons. The standard InChI is InChI=1S/C12H24N2O/c1-4-7-13-11(5-2)12-10-14(6-3)8-9-15-12/h5,11-13H,2,4,6-10H2,1,3H3. The van der Waals surface area contributed by atoms with Gasteiger partial charge in [-0.3, -0.25) is 4.90 Å². The molecule has 1 N–H and O–H groups in total. The first-order valence-electron chi connectivity index (χ1n) is 6.01. The fraction of sp³-hybridized carbons (Fsp3) is 0.833. The maximum Gasteiger partial charge on any atom is 0.0890 e. The maximum absolute atomic E-state index is 5.78. The summed E-state index contributed by atoms with van der Waals surface area (Å²) in [5.74, 6) is 0. The van der Waals surface area contributed by atoms with Crippen molar-refractivity contribution in [3.05, 3.63) is 12.7 Å². The van der Waals surface area contributed by atoms with Gasteiger partial charge >= 0.3 is 0 Å². The van der Waals surface area contributed by atoms with Crippen molar-refractivity contribution in [1.82, 2.24) is 10.2 Å². The van der Waals surface area contributed by atoms with E-state index >= 15 is 0 Å². The van der Waals surface area contributed by atoms with Gasteiger partial charge in [0.1, 0.15) is 0 Å². The van der Waals surface area contributed by atoms with Crippen LogP contribution in [0.1, 0.15) is 20.3 Å². The third-order valence-corrected chi connectivity index (χ3v) is 2.91. The second kappa shape index (κ2) is 6.99. The van der Waals surface area contributed by atoms with Crippen LogP contribution in [0.3, 0.4) is 0 Å². The third-order valence-electron chi connectivity index (χ3n) is 2.91. The molecule has 0 saturated carbocycles. The third kappa shape index (κ3) is 3.93. The van der Waals surface area contributed by atoms with Gasteiger partial charge in [0, 0.05) is 13.1 Å². The molecule has 0 radical (unpaired) electrons. The van der Waals surface area contributed by atoms with Crippen LogP contribution in [0.15, 0.2) is 12.7 Å². The maximum atomic E-state index is 5.78. The van der Waals surface area contributed by atoms with E-state index in [-0.39, 0.29) is 6.10 Å². The highest BCUT2D eigenvalue weighted by atomic mass is 16.5. The Morgan fingerprint density at radius 2 is 2.40 bits per heavy atom. The summed E-state index contributed by atoms with van der Waals surface area (Å²) >= 11 is 0. The predicted octanol–water partition coefficient (Wildman–Crippen LogP) is 1.26. The van der Waals surface area contributed by atoms with Crippen molar-refractivity contribution in [2.24, 2.45) is 0 Å². The van der Waals surface area contributed by atoms with Gasteiger partial charge in [-0.2, -0.15) is 0 Å². The van der Waals surface area contributed by atoms with Crippen LogP contribution < -0.4 is 5.32 Å². The average molecular weight is 212 g/mol. The molecule has 1 fully saturated rings. The minimum Gasteiger partial charge on any atom is -0.374 e. The Morgan fingerprint density at radius 1 is 1.60 bits per heavy atom. The summed E-state index contributed by atoms with van der Waals surface area (Å²) in [6.45, 7) is 13.3.